The maximum Gasteiger partial charge on any atom is 0.303 e. The maximum atomic E-state index is 15.5. The van der Waals surface area contributed by atoms with E-state index >= 15 is 24.0 Å². The Kier molecular flexibility index (Phi) is 46.7. The number of hydrazine groups is 2. The number of aromatic nitrogens is 1. The van der Waals surface area contributed by atoms with Crippen molar-refractivity contribution in [1.29, 1.82) is 0 Å². The number of H-pyrrole nitrogens is 1. The Balaban J connectivity index is 1.61. The van der Waals surface area contributed by atoms with Crippen molar-refractivity contribution in [3.8, 4) is 29.4 Å². The average Bonchev–Trinajstić information content (AvgIpc) is 1.73. The highest BCUT2D eigenvalue weighted by atomic mass is 16.4. The molecule has 3 unspecified atom stereocenters. The summed E-state index contributed by atoms with van der Waals surface area (Å²) in [6.07, 6.45) is -3.33. The molecular weight excluding hydrogens is 1790 g/mol. The summed E-state index contributed by atoms with van der Waals surface area (Å²) in [6, 6.07) is 0.722. The third-order valence-electron chi connectivity index (χ3n) is 23.3. The highest BCUT2D eigenvalue weighted by Crippen LogP contribution is 2.25. The first-order valence-electron chi connectivity index (χ1n) is 46.2. The first kappa shape index (κ1) is 115. The molecule has 1 aliphatic heterocycles. The molecule has 0 fully saturated rings. The van der Waals surface area contributed by atoms with Gasteiger partial charge in [0.2, 0.25) is 111 Å². The Bertz CT molecular complexity index is 5150. The van der Waals surface area contributed by atoms with Crippen LogP contribution in [-0.4, -0.2) is 246 Å². The fourth-order valence-corrected chi connectivity index (χ4v) is 14.8. The predicted octanol–water partition coefficient (Wildman–Crippen LogP) is -0.592. The van der Waals surface area contributed by atoms with Crippen LogP contribution in [0, 0.1) is 47.4 Å². The number of carbonyl (C=O) groups is 20. The summed E-state index contributed by atoms with van der Waals surface area (Å²) in [4.78, 5) is 283. The van der Waals surface area contributed by atoms with E-state index in [1.165, 1.54) is 93.5 Å². The van der Waals surface area contributed by atoms with Crippen LogP contribution < -0.4 is 91.7 Å². The third-order valence-corrected chi connectivity index (χ3v) is 23.3. The molecule has 3 aromatic carbocycles. The number of aliphatic hydroxyl groups is 1. The summed E-state index contributed by atoms with van der Waals surface area (Å²) in [5.41, 5.74) is 20.2. The lowest BCUT2D eigenvalue weighted by atomic mass is 9.89. The number of aliphatic hydroxyl groups excluding tert-OH is 1. The van der Waals surface area contributed by atoms with Gasteiger partial charge in [-0.25, -0.2) is 21.7 Å². The van der Waals surface area contributed by atoms with E-state index in [2.05, 4.69) is 109 Å². The first-order valence-corrected chi connectivity index (χ1v) is 46.2. The van der Waals surface area contributed by atoms with E-state index in [-0.39, 0.29) is 94.8 Å². The van der Waals surface area contributed by atoms with Crippen LogP contribution in [0.5, 0.6) is 5.75 Å². The zero-order valence-electron chi connectivity index (χ0n) is 80.9. The maximum absolute atomic E-state index is 15.5. The van der Waals surface area contributed by atoms with Crippen molar-refractivity contribution in [2.24, 2.45) is 35.1 Å². The second-order valence-electron chi connectivity index (χ2n) is 36.5. The number of phenolic OH excluding ortho intramolecular Hbond substituents is 1. The topological polar surface area (TPSA) is 650 Å². The van der Waals surface area contributed by atoms with E-state index in [1.807, 2.05) is 0 Å². The normalized spacial score (nSPS) is 21.6. The highest BCUT2D eigenvalue weighted by molar-refractivity contribution is 6.43. The Morgan fingerprint density at radius 1 is 0.551 bits per heavy atom. The Morgan fingerprint density at radius 3 is 1.70 bits per heavy atom. The van der Waals surface area contributed by atoms with Crippen molar-refractivity contribution >= 4 is 128 Å². The lowest BCUT2D eigenvalue weighted by Gasteiger charge is -2.34. The molecule has 0 saturated heterocycles. The fraction of sp³-hybridized carbons (Fsp3) is 0.546. The number of nitrogens with two attached hydrogens (primary N) is 2. The second-order valence-corrected chi connectivity index (χ2v) is 36.5. The summed E-state index contributed by atoms with van der Waals surface area (Å²) >= 11 is 0. The quantitative estimate of drug-likeness (QED) is 0.0150. The predicted molar refractivity (Wildman–Crippen MR) is 507 cm³/mol. The van der Waals surface area contributed by atoms with Crippen LogP contribution in [0.2, 0.25) is 0 Å². The summed E-state index contributed by atoms with van der Waals surface area (Å²) in [5, 5.41) is 60.9. The van der Waals surface area contributed by atoms with Gasteiger partial charge in [-0.3, -0.25) is 95.9 Å². The van der Waals surface area contributed by atoms with Gasteiger partial charge in [0.05, 0.1) is 54.3 Å². The minimum absolute atomic E-state index is 0.00866. The van der Waals surface area contributed by atoms with Crippen molar-refractivity contribution < 1.29 is 111 Å². The Hall–Kier alpha value is -13.2. The van der Waals surface area contributed by atoms with E-state index < -0.39 is 263 Å². The number of ketones is 8. The van der Waals surface area contributed by atoms with Crippen LogP contribution in [0.1, 0.15) is 204 Å². The number of Topliss-reactive ketones (excluding diaryl/α,β-unsaturated/α-hetero) is 8. The fourth-order valence-electron chi connectivity index (χ4n) is 14.8. The number of rotatable bonds is 41. The molecule has 0 spiro atoms. The summed E-state index contributed by atoms with van der Waals surface area (Å²) in [7, 11) is 0. The largest absolute Gasteiger partial charge is 0.508 e. The second kappa shape index (κ2) is 55.9. The average molecular weight is 1920 g/mol. The van der Waals surface area contributed by atoms with Crippen molar-refractivity contribution in [1.82, 2.24) is 85.2 Å². The molecule has 23 N–H and O–H groups in total. The smallest absolute Gasteiger partial charge is 0.303 e. The van der Waals surface area contributed by atoms with Crippen LogP contribution in [0.25, 0.3) is 10.9 Å². The number of aromatic amines is 1. The molecule has 1 aromatic heterocycles. The molecule has 752 valence electrons. The lowest BCUT2D eigenvalue weighted by molar-refractivity contribution is -0.143. The van der Waals surface area contributed by atoms with Crippen molar-refractivity contribution in [2.45, 2.75) is 302 Å². The van der Waals surface area contributed by atoms with Crippen LogP contribution in [-0.2, 0) is 115 Å². The molecule has 0 bridgehead atoms. The van der Waals surface area contributed by atoms with Gasteiger partial charge in [0.1, 0.15) is 53.1 Å². The van der Waals surface area contributed by atoms with E-state index in [0.29, 0.717) is 27.6 Å². The number of hydrogen-bond acceptors (Lipinski definition) is 28. The molecule has 41 nitrogen and oxygen atoms in total. The standard InChI is InChI=1S/C97H136N18O23/c1-52(2)44-66-51-102-70(38-40-76(98)119)82(125)81(124)57(8)104-93(136)75(48-65-50-101-69-33-27-26-32-68(65)69)113-112-72(47-64-34-36-67(118)37-35-64)84(127)83(126)71(39-41-77(120)121)109-95(138)97(15,115-114-73(46-63-30-24-23-25-31-63)85(128)86(129)78(61(12)116)110-92(135)74(45-53(3)4)108-62(13)117)43-29-22-20-18-16-17-19-21-28-42-96(14,111-91(66)134)94(137)107-60(11)90(133)106-59(10)89(132)105-58(9)88(131)103-56(7)80(123)79(122)55(6)100-49-54(5)87(99)130/h23-27,30-37,50,52-61,66,70-75,78,100-102,112-116,118H,20-22,28-29,38-49,51H2,1-15H3,(H2,98,119)(H2,99,130)(H,103,131)(H,104,136)(H,105,132)(H,106,133)(H,107,137)(H,108,117)(H,109,138)(H,110,135)(H,111,134)(H,120,121)/t54-,55-,56-,57?,58?,59-,60?,61+,66+,70-,71-,72-,73-,74-,75-,78-,96-,97+/m0/s1. The van der Waals surface area contributed by atoms with E-state index in [0.717, 1.165) is 6.92 Å². The number of para-hydroxylation sites is 1. The van der Waals surface area contributed by atoms with Crippen LogP contribution in [0.3, 0.4) is 0 Å². The van der Waals surface area contributed by atoms with Gasteiger partial charge in [0.25, 0.3) is 0 Å². The molecule has 2 heterocycles. The number of aliphatic carboxylic acids is 1. The van der Waals surface area contributed by atoms with E-state index in [4.69, 9.17) is 11.5 Å². The van der Waals surface area contributed by atoms with Crippen molar-refractivity contribution in [3.63, 3.8) is 0 Å². The van der Waals surface area contributed by atoms with Gasteiger partial charge in [-0.15, -0.1) is 0 Å². The minimum atomic E-state index is -2.04. The summed E-state index contributed by atoms with van der Waals surface area (Å²) in [5.74, 6) is -11.4. The van der Waals surface area contributed by atoms with Gasteiger partial charge in [-0.1, -0.05) is 114 Å². The van der Waals surface area contributed by atoms with Gasteiger partial charge in [0, 0.05) is 75.1 Å². The zero-order chi connectivity index (χ0) is 103. The monoisotopic (exact) mass is 1920 g/mol. The number of phenols is 1. The van der Waals surface area contributed by atoms with E-state index in [1.54, 1.807) is 88.5 Å². The first-order chi connectivity index (χ1) is 64.9. The third kappa shape index (κ3) is 37.4. The lowest BCUT2D eigenvalue weighted by Crippen LogP contribution is -2.66. The summed E-state index contributed by atoms with van der Waals surface area (Å²) in [6.45, 7) is 21.0. The number of benzene rings is 3. The van der Waals surface area contributed by atoms with Gasteiger partial charge in [-0.05, 0) is 185 Å². The number of carbonyl (C=O) groups excluding carboxylic acids is 19. The molecule has 0 aliphatic carbocycles. The van der Waals surface area contributed by atoms with Gasteiger partial charge < -0.3 is 90.3 Å². The molecule has 1 aliphatic rings. The Morgan fingerprint density at radius 2 is 1.12 bits per heavy atom. The van der Waals surface area contributed by atoms with Gasteiger partial charge >= 0.3 is 5.97 Å². The molecule has 11 amide bonds. The number of carboxylic acids is 1. The van der Waals surface area contributed by atoms with Crippen molar-refractivity contribution in [3.05, 3.63) is 102 Å². The molecule has 41 heteroatoms. The number of nitrogens with one attached hydrogen (secondary N) is 16. The SMILES string of the molecule is CC(=O)N[C@@H](CC(C)C)C(=O)N[C@H](C(=O)C(=O)[C@H](Cc1ccccc1)NN[C@]1(C)CCCCC#CC#CCCC[C@@](C)(C(=O)NC(C)C(=O)N[C@@H](C)C(=O)NC(C)C(=O)N[C@@H](C)C(=O)C(=O)[C@H](C)NC[C@H](C)C(N)=O)NC(=O)[C@H](CC(C)C)CN[C@@H](CCC(N)=O)C(=O)C(=O)C(C)NC(=O)[C@H](Cc2c[nH]c3ccccc23)NN[C@@H](Cc2ccc(O)cc2)C(=O)C(=O)[C@H](CCC(=O)O)NC1=O)[C@@H](C)O. The van der Waals surface area contributed by atoms with Crippen LogP contribution in [0.4, 0.5) is 0 Å². The molecule has 138 heavy (non-hydrogen) atoms. The zero-order valence-corrected chi connectivity index (χ0v) is 80.9. The van der Waals surface area contributed by atoms with Crippen LogP contribution >= 0.6 is 0 Å². The number of aromatic hydroxyl groups is 1. The Labute approximate surface area is 802 Å². The number of primary amides is 2. The molecule has 4 aromatic rings. The van der Waals surface area contributed by atoms with Gasteiger partial charge in [0.15, 0.2) is 0 Å². The minimum Gasteiger partial charge on any atom is -0.508 e. The molecule has 0 saturated carbocycles. The van der Waals surface area contributed by atoms with E-state index in [9.17, 15) is 87.2 Å². The summed E-state index contributed by atoms with van der Waals surface area (Å²) < 4.78 is 0. The number of amides is 11. The molecule has 5 rings (SSSR count). The molecular formula is C97H136N18O23. The number of fused-ring (bicyclic) bond motifs is 1. The molecule has 18 atom stereocenters. The van der Waals surface area contributed by atoms with Crippen LogP contribution in [0.15, 0.2) is 85.1 Å². The van der Waals surface area contributed by atoms with Crippen molar-refractivity contribution in [2.75, 3.05) is 13.1 Å². The number of carboxylic acid groups (broad SMARTS) is 1. The van der Waals surface area contributed by atoms with Gasteiger partial charge in [-0.2, -0.15) is 0 Å². The molecule has 0 radical (unpaired) electrons. The highest BCUT2D eigenvalue weighted by Gasteiger charge is 2.45. The number of hydrogen-bond donors (Lipinski definition) is 21.